The van der Waals surface area contributed by atoms with E-state index >= 15 is 0 Å². The number of aryl methyl sites for hydroxylation is 2. The van der Waals surface area contributed by atoms with Crippen molar-refractivity contribution in [2.45, 2.75) is 20.4 Å². The van der Waals surface area contributed by atoms with Gasteiger partial charge in [0.25, 0.3) is 0 Å². The van der Waals surface area contributed by atoms with Gasteiger partial charge in [0.05, 0.1) is 18.1 Å². The maximum atomic E-state index is 4.62. The van der Waals surface area contributed by atoms with Gasteiger partial charge in [0.2, 0.25) is 0 Å². The van der Waals surface area contributed by atoms with E-state index < -0.39 is 0 Å². The maximum absolute atomic E-state index is 4.62. The summed E-state index contributed by atoms with van der Waals surface area (Å²) in [7, 11) is 0. The molecule has 0 spiro atoms. The molecule has 0 saturated carbocycles. The number of benzene rings is 2. The summed E-state index contributed by atoms with van der Waals surface area (Å²) in [6.45, 7) is 4.68. The van der Waals surface area contributed by atoms with Gasteiger partial charge in [-0.1, -0.05) is 36.4 Å². The highest BCUT2D eigenvalue weighted by Crippen LogP contribution is 2.17. The van der Waals surface area contributed by atoms with Crippen LogP contribution in [0.3, 0.4) is 0 Å². The molecule has 124 valence electrons. The quantitative estimate of drug-likeness (QED) is 0.614. The van der Waals surface area contributed by atoms with Gasteiger partial charge in [0, 0.05) is 12.2 Å². The zero-order chi connectivity index (χ0) is 17.2. The molecule has 0 fully saturated rings. The highest BCUT2D eigenvalue weighted by Gasteiger charge is 2.06. The van der Waals surface area contributed by atoms with E-state index in [0.717, 1.165) is 17.2 Å². The van der Waals surface area contributed by atoms with E-state index in [0.29, 0.717) is 12.4 Å². The lowest BCUT2D eigenvalue weighted by Crippen LogP contribution is -2.07. The lowest BCUT2D eigenvalue weighted by Gasteiger charge is -2.09. The van der Waals surface area contributed by atoms with Crippen LogP contribution in [0.15, 0.2) is 60.9 Å². The molecule has 4 rings (SSSR count). The van der Waals surface area contributed by atoms with Gasteiger partial charge < -0.3 is 5.32 Å². The number of hydrogen-bond donors (Lipinski definition) is 1. The van der Waals surface area contributed by atoms with Gasteiger partial charge in [-0.2, -0.15) is 5.10 Å². The Labute approximate surface area is 146 Å². The molecule has 25 heavy (non-hydrogen) atoms. The molecule has 2 aromatic carbocycles. The predicted molar refractivity (Wildman–Crippen MR) is 99.9 cm³/mol. The number of anilines is 1. The Morgan fingerprint density at radius 3 is 2.60 bits per heavy atom. The van der Waals surface area contributed by atoms with Crippen molar-refractivity contribution in [1.29, 1.82) is 0 Å². The molecule has 0 saturated heterocycles. The van der Waals surface area contributed by atoms with Crippen LogP contribution in [0.5, 0.6) is 0 Å². The van der Waals surface area contributed by atoms with E-state index in [4.69, 9.17) is 0 Å². The first-order chi connectivity index (χ1) is 12.2. The van der Waals surface area contributed by atoms with Gasteiger partial charge in [-0.05, 0) is 42.3 Å². The highest BCUT2D eigenvalue weighted by atomic mass is 15.3. The molecular formula is C20H19N5. The van der Waals surface area contributed by atoms with Gasteiger partial charge >= 0.3 is 0 Å². The zero-order valence-electron chi connectivity index (χ0n) is 14.3. The summed E-state index contributed by atoms with van der Waals surface area (Å²) in [6.07, 6.45) is 3.46. The molecule has 0 unspecified atom stereocenters. The SMILES string of the molecule is Cc1cc(C)n(-c2cncc(NCc3ccc4ccccc4c3)n2)n1. The van der Waals surface area contributed by atoms with Gasteiger partial charge in [0.15, 0.2) is 5.82 Å². The molecule has 5 nitrogen and oxygen atoms in total. The Hall–Kier alpha value is -3.21. The normalized spacial score (nSPS) is 11.0. The Bertz CT molecular complexity index is 1040. The molecule has 0 amide bonds. The Balaban J connectivity index is 1.54. The van der Waals surface area contributed by atoms with Crippen LogP contribution in [-0.2, 0) is 6.54 Å². The molecule has 0 aliphatic rings. The summed E-state index contributed by atoms with van der Waals surface area (Å²) in [5, 5.41) is 10.3. The molecule has 4 aromatic rings. The average molecular weight is 329 g/mol. The topological polar surface area (TPSA) is 55.6 Å². The smallest absolute Gasteiger partial charge is 0.174 e. The lowest BCUT2D eigenvalue weighted by molar-refractivity contribution is 0.799. The second kappa shape index (κ2) is 6.36. The van der Waals surface area contributed by atoms with Crippen LogP contribution in [0.2, 0.25) is 0 Å². The Morgan fingerprint density at radius 2 is 1.80 bits per heavy atom. The van der Waals surface area contributed by atoms with Crippen LogP contribution in [0.4, 0.5) is 5.82 Å². The Kier molecular flexibility index (Phi) is 3.90. The standard InChI is InChI=1S/C20H19N5/c1-14-9-15(2)25(24-14)20-13-21-12-19(23-20)22-11-16-7-8-17-5-3-4-6-18(17)10-16/h3-10,12-13H,11H2,1-2H3,(H,22,23). The minimum Gasteiger partial charge on any atom is -0.365 e. The zero-order valence-corrected chi connectivity index (χ0v) is 14.3. The van der Waals surface area contributed by atoms with E-state index in [1.165, 1.54) is 16.3 Å². The fraction of sp³-hybridized carbons (Fsp3) is 0.150. The molecule has 0 radical (unpaired) electrons. The number of aromatic nitrogens is 4. The average Bonchev–Trinajstić information content (AvgIpc) is 2.98. The monoisotopic (exact) mass is 329 g/mol. The third-order valence-electron chi connectivity index (χ3n) is 4.14. The first kappa shape index (κ1) is 15.3. The van der Waals surface area contributed by atoms with Crippen LogP contribution in [0.25, 0.3) is 16.6 Å². The van der Waals surface area contributed by atoms with E-state index in [1.807, 2.05) is 24.6 Å². The van der Waals surface area contributed by atoms with E-state index in [9.17, 15) is 0 Å². The second-order valence-corrected chi connectivity index (χ2v) is 6.14. The molecule has 2 heterocycles. The molecule has 1 N–H and O–H groups in total. The molecule has 2 aromatic heterocycles. The molecule has 0 aliphatic carbocycles. The predicted octanol–water partition coefficient (Wildman–Crippen LogP) is 4.04. The first-order valence-corrected chi connectivity index (χ1v) is 8.26. The van der Waals surface area contributed by atoms with E-state index in [1.54, 1.807) is 12.4 Å². The van der Waals surface area contributed by atoms with Crippen molar-refractivity contribution in [3.63, 3.8) is 0 Å². The van der Waals surface area contributed by atoms with Gasteiger partial charge in [0.1, 0.15) is 5.82 Å². The summed E-state index contributed by atoms with van der Waals surface area (Å²) in [5.74, 6) is 1.45. The second-order valence-electron chi connectivity index (χ2n) is 6.14. The third-order valence-corrected chi connectivity index (χ3v) is 4.14. The molecule has 5 heteroatoms. The largest absolute Gasteiger partial charge is 0.365 e. The fourth-order valence-electron chi connectivity index (χ4n) is 2.95. The van der Waals surface area contributed by atoms with Crippen molar-refractivity contribution in [3.05, 3.63) is 77.9 Å². The third kappa shape index (κ3) is 3.21. The molecule has 0 aliphatic heterocycles. The van der Waals surface area contributed by atoms with Crippen LogP contribution in [0.1, 0.15) is 17.0 Å². The van der Waals surface area contributed by atoms with Crippen molar-refractivity contribution in [3.8, 4) is 5.82 Å². The minimum absolute atomic E-state index is 0.695. The van der Waals surface area contributed by atoms with Crippen LogP contribution < -0.4 is 5.32 Å². The van der Waals surface area contributed by atoms with Crippen molar-refractivity contribution in [1.82, 2.24) is 19.7 Å². The number of fused-ring (bicyclic) bond motifs is 1. The molecular weight excluding hydrogens is 310 g/mol. The summed E-state index contributed by atoms with van der Waals surface area (Å²) >= 11 is 0. The van der Waals surface area contributed by atoms with Crippen molar-refractivity contribution < 1.29 is 0 Å². The van der Waals surface area contributed by atoms with Crippen molar-refractivity contribution in [2.24, 2.45) is 0 Å². The van der Waals surface area contributed by atoms with E-state index in [2.05, 4.69) is 62.8 Å². The van der Waals surface area contributed by atoms with Crippen LogP contribution in [0, 0.1) is 13.8 Å². The van der Waals surface area contributed by atoms with Crippen molar-refractivity contribution in [2.75, 3.05) is 5.32 Å². The first-order valence-electron chi connectivity index (χ1n) is 8.26. The number of rotatable bonds is 4. The molecule has 0 bridgehead atoms. The number of nitrogens with zero attached hydrogens (tertiary/aromatic N) is 4. The summed E-state index contributed by atoms with van der Waals surface area (Å²) in [5.41, 5.74) is 3.21. The summed E-state index contributed by atoms with van der Waals surface area (Å²) in [6, 6.07) is 16.9. The lowest BCUT2D eigenvalue weighted by atomic mass is 10.1. The van der Waals surface area contributed by atoms with Gasteiger partial charge in [-0.15, -0.1) is 0 Å². The van der Waals surface area contributed by atoms with Crippen molar-refractivity contribution >= 4 is 16.6 Å². The minimum atomic E-state index is 0.695. The van der Waals surface area contributed by atoms with Gasteiger partial charge in [-0.3, -0.25) is 4.98 Å². The number of nitrogens with one attached hydrogen (secondary N) is 1. The Morgan fingerprint density at radius 1 is 0.960 bits per heavy atom. The summed E-state index contributed by atoms with van der Waals surface area (Å²) < 4.78 is 1.81. The maximum Gasteiger partial charge on any atom is 0.174 e. The fourth-order valence-corrected chi connectivity index (χ4v) is 2.95. The van der Waals surface area contributed by atoms with Crippen LogP contribution in [-0.4, -0.2) is 19.7 Å². The highest BCUT2D eigenvalue weighted by molar-refractivity contribution is 5.83. The molecule has 0 atom stereocenters. The van der Waals surface area contributed by atoms with Gasteiger partial charge in [-0.25, -0.2) is 9.67 Å². The van der Waals surface area contributed by atoms with E-state index in [-0.39, 0.29) is 0 Å². The number of hydrogen-bond acceptors (Lipinski definition) is 4. The van der Waals surface area contributed by atoms with Crippen LogP contribution >= 0.6 is 0 Å². The summed E-state index contributed by atoms with van der Waals surface area (Å²) in [4.78, 5) is 8.91.